The topological polar surface area (TPSA) is 29.5 Å². The number of ether oxygens (including phenoxy) is 1. The summed E-state index contributed by atoms with van der Waals surface area (Å²) in [4.78, 5) is 13.6. The van der Waals surface area contributed by atoms with Crippen LogP contribution < -0.4 is 4.90 Å². The highest BCUT2D eigenvalue weighted by Gasteiger charge is 2.17. The van der Waals surface area contributed by atoms with Crippen molar-refractivity contribution in [2.75, 3.05) is 24.6 Å². The van der Waals surface area contributed by atoms with Crippen LogP contribution in [0.15, 0.2) is 42.5 Å². The maximum atomic E-state index is 11.3. The molecule has 1 aliphatic rings. The van der Waals surface area contributed by atoms with E-state index in [4.69, 9.17) is 4.74 Å². The predicted molar refractivity (Wildman–Crippen MR) is 77.2 cm³/mol. The lowest BCUT2D eigenvalue weighted by atomic mass is 9.96. The average Bonchev–Trinajstić information content (AvgIpc) is 2.47. The number of allylic oxidation sites excluding steroid dienone is 1. The van der Waals surface area contributed by atoms with Gasteiger partial charge in [-0.15, -0.1) is 0 Å². The number of benzene rings is 1. The molecular weight excluding hydrogens is 238 g/mol. The van der Waals surface area contributed by atoms with Gasteiger partial charge in [0.25, 0.3) is 0 Å². The molecule has 0 aromatic heterocycles. The molecule has 1 aromatic carbocycles. The molecule has 0 radical (unpaired) electrons. The van der Waals surface area contributed by atoms with Crippen LogP contribution in [0.25, 0.3) is 0 Å². The van der Waals surface area contributed by atoms with E-state index in [0.29, 0.717) is 12.5 Å². The first-order valence-electron chi connectivity index (χ1n) is 6.94. The van der Waals surface area contributed by atoms with E-state index in [1.165, 1.54) is 5.69 Å². The number of anilines is 1. The zero-order valence-electron chi connectivity index (χ0n) is 11.4. The molecule has 0 aliphatic carbocycles. The van der Waals surface area contributed by atoms with Crippen LogP contribution in [0.4, 0.5) is 5.69 Å². The molecule has 1 heterocycles. The van der Waals surface area contributed by atoms with E-state index in [2.05, 4.69) is 29.2 Å². The minimum absolute atomic E-state index is 0.229. The number of para-hydroxylation sites is 1. The van der Waals surface area contributed by atoms with Crippen LogP contribution in [-0.4, -0.2) is 25.7 Å². The summed E-state index contributed by atoms with van der Waals surface area (Å²) in [5.74, 6) is 0.261. The van der Waals surface area contributed by atoms with Crippen molar-refractivity contribution in [1.82, 2.24) is 0 Å². The van der Waals surface area contributed by atoms with E-state index in [-0.39, 0.29) is 5.97 Å². The largest absolute Gasteiger partial charge is 0.463 e. The van der Waals surface area contributed by atoms with Gasteiger partial charge in [0, 0.05) is 24.9 Å². The molecule has 3 nitrogen and oxygen atoms in total. The number of rotatable bonds is 4. The molecule has 0 unspecified atom stereocenters. The number of nitrogens with zero attached hydrogens (tertiary/aromatic N) is 1. The summed E-state index contributed by atoms with van der Waals surface area (Å²) in [5, 5.41) is 0. The van der Waals surface area contributed by atoms with Gasteiger partial charge in [0.2, 0.25) is 0 Å². The van der Waals surface area contributed by atoms with Gasteiger partial charge in [0.05, 0.1) is 6.61 Å². The molecular formula is C16H21NO2. The van der Waals surface area contributed by atoms with Crippen LogP contribution in [0.5, 0.6) is 0 Å². The Labute approximate surface area is 114 Å². The molecule has 1 aliphatic heterocycles. The number of carbonyl (C=O) groups excluding carboxylic acids is 1. The van der Waals surface area contributed by atoms with Crippen molar-refractivity contribution in [3.63, 3.8) is 0 Å². The van der Waals surface area contributed by atoms with Gasteiger partial charge in [0.15, 0.2) is 0 Å². The zero-order valence-corrected chi connectivity index (χ0v) is 11.4. The maximum absolute atomic E-state index is 11.3. The fourth-order valence-corrected chi connectivity index (χ4v) is 2.39. The minimum Gasteiger partial charge on any atom is -0.463 e. The summed E-state index contributed by atoms with van der Waals surface area (Å²) >= 11 is 0. The van der Waals surface area contributed by atoms with Crippen molar-refractivity contribution >= 4 is 11.7 Å². The van der Waals surface area contributed by atoms with Crippen LogP contribution in [0.2, 0.25) is 0 Å². The lowest BCUT2D eigenvalue weighted by Crippen LogP contribution is -2.33. The van der Waals surface area contributed by atoms with Gasteiger partial charge in [-0.25, -0.2) is 4.79 Å². The summed E-state index contributed by atoms with van der Waals surface area (Å²) in [6.07, 6.45) is 5.75. The second-order valence-corrected chi connectivity index (χ2v) is 4.77. The number of esters is 1. The van der Waals surface area contributed by atoms with Crippen molar-refractivity contribution in [1.29, 1.82) is 0 Å². The molecule has 0 saturated carbocycles. The molecule has 2 rings (SSSR count). The van der Waals surface area contributed by atoms with E-state index in [9.17, 15) is 4.79 Å². The highest BCUT2D eigenvalue weighted by molar-refractivity contribution is 5.81. The highest BCUT2D eigenvalue weighted by atomic mass is 16.5. The Hall–Kier alpha value is -1.77. The van der Waals surface area contributed by atoms with Gasteiger partial charge in [-0.3, -0.25) is 0 Å². The first-order valence-corrected chi connectivity index (χ1v) is 6.94. The van der Waals surface area contributed by atoms with Crippen LogP contribution >= 0.6 is 0 Å². The lowest BCUT2D eigenvalue weighted by Gasteiger charge is -2.32. The van der Waals surface area contributed by atoms with Gasteiger partial charge in [0.1, 0.15) is 0 Å². The van der Waals surface area contributed by atoms with E-state index in [1.807, 2.05) is 19.1 Å². The molecule has 19 heavy (non-hydrogen) atoms. The molecule has 3 heteroatoms. The Kier molecular flexibility index (Phi) is 5.01. The van der Waals surface area contributed by atoms with Crippen molar-refractivity contribution < 1.29 is 9.53 Å². The maximum Gasteiger partial charge on any atom is 0.330 e. The molecule has 0 spiro atoms. The van der Waals surface area contributed by atoms with Crippen molar-refractivity contribution in [3.8, 4) is 0 Å². The van der Waals surface area contributed by atoms with Crippen LogP contribution in [-0.2, 0) is 9.53 Å². The predicted octanol–water partition coefficient (Wildman–Crippen LogP) is 3.02. The van der Waals surface area contributed by atoms with Gasteiger partial charge >= 0.3 is 5.97 Å². The van der Waals surface area contributed by atoms with E-state index >= 15 is 0 Å². The third-order valence-corrected chi connectivity index (χ3v) is 3.45. The number of hydrogen-bond acceptors (Lipinski definition) is 3. The smallest absolute Gasteiger partial charge is 0.330 e. The third kappa shape index (κ3) is 4.12. The molecule has 0 bridgehead atoms. The summed E-state index contributed by atoms with van der Waals surface area (Å²) in [7, 11) is 0. The van der Waals surface area contributed by atoms with Crippen LogP contribution in [0, 0.1) is 5.92 Å². The normalized spacial score (nSPS) is 16.8. The van der Waals surface area contributed by atoms with Gasteiger partial charge in [-0.05, 0) is 37.8 Å². The molecule has 102 valence electrons. The molecule has 0 atom stereocenters. The summed E-state index contributed by atoms with van der Waals surface area (Å²) in [5.41, 5.74) is 1.29. The SMILES string of the molecule is CCOC(=O)C=CC1CCN(c2ccccc2)CC1. The van der Waals surface area contributed by atoms with Crippen molar-refractivity contribution in [2.45, 2.75) is 19.8 Å². The lowest BCUT2D eigenvalue weighted by molar-refractivity contribution is -0.137. The van der Waals surface area contributed by atoms with E-state index in [1.54, 1.807) is 6.08 Å². The first kappa shape index (κ1) is 13.7. The molecule has 1 saturated heterocycles. The summed E-state index contributed by atoms with van der Waals surface area (Å²) in [6.45, 7) is 4.35. The minimum atomic E-state index is -0.229. The molecule has 0 amide bonds. The third-order valence-electron chi connectivity index (χ3n) is 3.45. The van der Waals surface area contributed by atoms with Gasteiger partial charge < -0.3 is 9.64 Å². The standard InChI is InChI=1S/C16H21NO2/c1-2-19-16(18)9-8-14-10-12-17(13-11-14)15-6-4-3-5-7-15/h3-9,14H,2,10-13H2,1H3. The second kappa shape index (κ2) is 6.98. The van der Waals surface area contributed by atoms with Crippen molar-refractivity contribution in [3.05, 3.63) is 42.5 Å². The van der Waals surface area contributed by atoms with Gasteiger partial charge in [-0.2, -0.15) is 0 Å². The molecule has 0 N–H and O–H groups in total. The van der Waals surface area contributed by atoms with Crippen LogP contribution in [0.3, 0.4) is 0 Å². The fraction of sp³-hybridized carbons (Fsp3) is 0.438. The monoisotopic (exact) mass is 259 g/mol. The zero-order chi connectivity index (χ0) is 13.5. The summed E-state index contributed by atoms with van der Waals surface area (Å²) in [6, 6.07) is 10.5. The highest BCUT2D eigenvalue weighted by Crippen LogP contribution is 2.23. The van der Waals surface area contributed by atoms with E-state index in [0.717, 1.165) is 25.9 Å². The fourth-order valence-electron chi connectivity index (χ4n) is 2.39. The Morgan fingerprint density at radius 2 is 2.00 bits per heavy atom. The average molecular weight is 259 g/mol. The number of piperidine rings is 1. The Morgan fingerprint density at radius 1 is 1.32 bits per heavy atom. The number of hydrogen-bond donors (Lipinski definition) is 0. The molecule has 1 aromatic rings. The Bertz CT molecular complexity index is 420. The van der Waals surface area contributed by atoms with Gasteiger partial charge in [-0.1, -0.05) is 24.3 Å². The quantitative estimate of drug-likeness (QED) is 0.615. The number of carbonyl (C=O) groups is 1. The summed E-state index contributed by atoms with van der Waals surface area (Å²) < 4.78 is 4.89. The molecule has 1 fully saturated rings. The second-order valence-electron chi connectivity index (χ2n) is 4.77. The van der Waals surface area contributed by atoms with Crippen molar-refractivity contribution in [2.24, 2.45) is 5.92 Å². The van der Waals surface area contributed by atoms with E-state index < -0.39 is 0 Å². The van der Waals surface area contributed by atoms with Crippen LogP contribution in [0.1, 0.15) is 19.8 Å². The Morgan fingerprint density at radius 3 is 2.63 bits per heavy atom. The Balaban J connectivity index is 1.81. The first-order chi connectivity index (χ1) is 9.29.